The molecule has 2 unspecified atom stereocenters. The zero-order chi connectivity index (χ0) is 29.0. The lowest BCUT2D eigenvalue weighted by atomic mass is 10.2. The molecule has 10 nitrogen and oxygen atoms in total. The first-order chi connectivity index (χ1) is 19.7. The molecule has 2 aliphatic heterocycles. The number of carbonyl (C=O) groups is 1. The van der Waals surface area contributed by atoms with Crippen molar-refractivity contribution in [3.05, 3.63) is 82.8 Å². The minimum atomic E-state index is -0.637. The Bertz CT molecular complexity index is 1480. The average molecular weight is 594 g/mol. The summed E-state index contributed by atoms with van der Waals surface area (Å²) in [6.07, 6.45) is 3.28. The maximum atomic E-state index is 12.7. The Labute approximate surface area is 248 Å². The molecule has 210 valence electrons. The second-order valence-corrected chi connectivity index (χ2v) is 11.3. The minimum absolute atomic E-state index is 0.293. The number of nitrogens with zero attached hydrogens (tertiary/aromatic N) is 7. The topological polar surface area (TPSA) is 97.0 Å². The van der Waals surface area contributed by atoms with Gasteiger partial charge in [-0.25, -0.2) is 4.79 Å². The van der Waals surface area contributed by atoms with Gasteiger partial charge in [0.2, 0.25) is 12.1 Å². The van der Waals surface area contributed by atoms with E-state index in [0.29, 0.717) is 28.8 Å². The van der Waals surface area contributed by atoms with Gasteiger partial charge in [0.25, 0.3) is 0 Å². The van der Waals surface area contributed by atoms with E-state index >= 15 is 0 Å². The van der Waals surface area contributed by atoms with Crippen molar-refractivity contribution in [3.63, 3.8) is 0 Å². The largest absolute Gasteiger partial charge is 0.444 e. The van der Waals surface area contributed by atoms with E-state index in [1.807, 2.05) is 106 Å². The van der Waals surface area contributed by atoms with E-state index < -0.39 is 11.7 Å². The Morgan fingerprint density at radius 2 is 1.32 bits per heavy atom. The highest BCUT2D eigenvalue weighted by Gasteiger charge is 2.32. The molecule has 0 saturated heterocycles. The summed E-state index contributed by atoms with van der Waals surface area (Å²) in [4.78, 5) is 14.8. The molecule has 2 aliphatic rings. The highest BCUT2D eigenvalue weighted by Crippen LogP contribution is 2.30. The van der Waals surface area contributed by atoms with Crippen LogP contribution < -0.4 is 10.2 Å². The summed E-state index contributed by atoms with van der Waals surface area (Å²) >= 11 is 12.8. The third kappa shape index (κ3) is 7.14. The zero-order valence-corrected chi connectivity index (χ0v) is 24.4. The van der Waals surface area contributed by atoms with Gasteiger partial charge in [-0.2, -0.15) is 0 Å². The summed E-state index contributed by atoms with van der Waals surface area (Å²) in [7, 11) is 0. The van der Waals surface area contributed by atoms with Crippen LogP contribution in [0.4, 0.5) is 27.5 Å². The Morgan fingerprint density at radius 1 is 0.829 bits per heavy atom. The van der Waals surface area contributed by atoms with Crippen molar-refractivity contribution in [1.82, 2.24) is 0 Å². The summed E-state index contributed by atoms with van der Waals surface area (Å²) in [6, 6.07) is 21.9. The molecule has 0 aliphatic carbocycles. The second-order valence-electron chi connectivity index (χ2n) is 10.5. The maximum absolute atomic E-state index is 12.7. The van der Waals surface area contributed by atoms with E-state index in [9.17, 15) is 4.79 Å². The van der Waals surface area contributed by atoms with Crippen molar-refractivity contribution >= 4 is 64.5 Å². The van der Waals surface area contributed by atoms with E-state index in [0.717, 1.165) is 17.1 Å². The number of ether oxygens (including phenoxy) is 1. The average Bonchev–Trinajstić information content (AvgIpc) is 3.58. The zero-order valence-electron chi connectivity index (χ0n) is 22.9. The van der Waals surface area contributed by atoms with Gasteiger partial charge in [-0.05, 0) is 57.2 Å². The van der Waals surface area contributed by atoms with Crippen LogP contribution in [0.1, 0.15) is 20.8 Å². The number of benzene rings is 3. The highest BCUT2D eigenvalue weighted by atomic mass is 35.5. The van der Waals surface area contributed by atoms with Gasteiger partial charge in [0.1, 0.15) is 16.0 Å². The van der Waals surface area contributed by atoms with Crippen LogP contribution >= 0.6 is 23.2 Å². The van der Waals surface area contributed by atoms with E-state index in [2.05, 4.69) is 30.9 Å². The van der Waals surface area contributed by atoms with Crippen LogP contribution in [-0.2, 0) is 4.74 Å². The molecule has 0 spiro atoms. The Hall–Kier alpha value is -4.15. The Balaban J connectivity index is 1.43. The van der Waals surface area contributed by atoms with E-state index in [1.54, 1.807) is 9.37 Å². The number of halogens is 2. The molecule has 0 aromatic heterocycles. The molecular weight excluding hydrogens is 563 g/mol. The predicted octanol–water partition coefficient (Wildman–Crippen LogP) is 7.48. The van der Waals surface area contributed by atoms with Gasteiger partial charge in [-0.15, -0.1) is 9.37 Å². The van der Waals surface area contributed by atoms with Gasteiger partial charge in [0.15, 0.2) is 23.8 Å². The Morgan fingerprint density at radius 3 is 1.83 bits per heavy atom. The van der Waals surface area contributed by atoms with Gasteiger partial charge in [0, 0.05) is 10.2 Å². The molecule has 0 fully saturated rings. The number of para-hydroxylation sites is 4. The SMILES string of the molecule is CC(C)(C)OC(=O)Nc1ccccc1N(CC1C=[N+](c2ccccc2Cl)N=N1)CC1C=[N+](c2ccccc2Cl)N=N1. The van der Waals surface area contributed by atoms with Crippen molar-refractivity contribution < 1.29 is 18.9 Å². The third-order valence-corrected chi connectivity index (χ3v) is 6.75. The van der Waals surface area contributed by atoms with Crippen LogP contribution in [0.2, 0.25) is 10.0 Å². The molecule has 12 heteroatoms. The minimum Gasteiger partial charge on any atom is -0.444 e. The van der Waals surface area contributed by atoms with Crippen LogP contribution in [0.3, 0.4) is 0 Å². The molecule has 3 aromatic carbocycles. The molecule has 1 amide bonds. The smallest absolute Gasteiger partial charge is 0.412 e. The lowest BCUT2D eigenvalue weighted by Gasteiger charge is -2.27. The van der Waals surface area contributed by atoms with Gasteiger partial charge < -0.3 is 9.64 Å². The van der Waals surface area contributed by atoms with E-state index in [1.165, 1.54) is 0 Å². The molecular formula is C29H30Cl2N8O2+2. The van der Waals surface area contributed by atoms with Crippen LogP contribution in [0.5, 0.6) is 0 Å². The van der Waals surface area contributed by atoms with Gasteiger partial charge in [-0.3, -0.25) is 5.32 Å². The fourth-order valence-electron chi connectivity index (χ4n) is 4.38. The predicted molar refractivity (Wildman–Crippen MR) is 161 cm³/mol. The number of nitrogens with one attached hydrogen (secondary N) is 1. The van der Waals surface area contributed by atoms with Crippen LogP contribution in [0.15, 0.2) is 93.5 Å². The monoisotopic (exact) mass is 592 g/mol. The fourth-order valence-corrected chi connectivity index (χ4v) is 4.82. The first-order valence-corrected chi connectivity index (χ1v) is 13.8. The molecule has 2 atom stereocenters. The van der Waals surface area contributed by atoms with E-state index in [-0.39, 0.29) is 12.1 Å². The third-order valence-electron chi connectivity index (χ3n) is 6.11. The lowest BCUT2D eigenvalue weighted by molar-refractivity contribution is -0.444. The summed E-state index contributed by atoms with van der Waals surface area (Å²) in [5.41, 5.74) is 2.22. The number of anilines is 2. The van der Waals surface area contributed by atoms with E-state index in [4.69, 9.17) is 27.9 Å². The molecule has 0 bridgehead atoms. The van der Waals surface area contributed by atoms with Crippen LogP contribution in [0.25, 0.3) is 0 Å². The van der Waals surface area contributed by atoms with Crippen LogP contribution in [0, 0.1) is 0 Å². The normalized spacial score (nSPS) is 17.8. The number of hydrogen-bond acceptors (Lipinski definition) is 7. The summed E-state index contributed by atoms with van der Waals surface area (Å²) < 4.78 is 8.86. The first-order valence-electron chi connectivity index (χ1n) is 13.1. The number of rotatable bonds is 8. The second kappa shape index (κ2) is 12.2. The fraction of sp³-hybridized carbons (Fsp3) is 0.276. The summed E-state index contributed by atoms with van der Waals surface area (Å²) in [5.74, 6) is 0. The number of hydrogen-bond donors (Lipinski definition) is 1. The number of carbonyl (C=O) groups excluding carboxylic acids is 1. The molecule has 5 rings (SSSR count). The van der Waals surface area contributed by atoms with Gasteiger partial charge in [-0.1, -0.05) is 59.6 Å². The quantitative estimate of drug-likeness (QED) is 0.274. The molecule has 41 heavy (non-hydrogen) atoms. The van der Waals surface area contributed by atoms with Gasteiger partial charge in [0.05, 0.1) is 34.5 Å². The van der Waals surface area contributed by atoms with Crippen molar-refractivity contribution in [2.75, 3.05) is 23.3 Å². The van der Waals surface area contributed by atoms with Crippen molar-refractivity contribution in [2.45, 2.75) is 38.5 Å². The molecule has 0 radical (unpaired) electrons. The van der Waals surface area contributed by atoms with Crippen molar-refractivity contribution in [3.8, 4) is 0 Å². The summed E-state index contributed by atoms with van der Waals surface area (Å²) in [6.45, 7) is 6.36. The van der Waals surface area contributed by atoms with Crippen molar-refractivity contribution in [1.29, 1.82) is 0 Å². The van der Waals surface area contributed by atoms with Crippen LogP contribution in [-0.4, -0.2) is 58.7 Å². The lowest BCUT2D eigenvalue weighted by Crippen LogP contribution is -2.38. The maximum Gasteiger partial charge on any atom is 0.412 e. The highest BCUT2D eigenvalue weighted by molar-refractivity contribution is 6.33. The van der Waals surface area contributed by atoms with Crippen molar-refractivity contribution in [2.24, 2.45) is 20.7 Å². The van der Waals surface area contributed by atoms with Gasteiger partial charge >= 0.3 is 6.09 Å². The summed E-state index contributed by atoms with van der Waals surface area (Å²) in [5, 5.41) is 21.7. The molecule has 0 saturated carbocycles. The molecule has 2 heterocycles. The first kappa shape index (κ1) is 28.4. The Kier molecular flexibility index (Phi) is 8.41. The molecule has 1 N–H and O–H groups in total. The standard InChI is InChI=1S/C29H29Cl2N8O2/c1-29(2,3)41-28(40)32-24-12-6-9-15-27(24)37(16-20-18-38(35-33-20)25-13-7-4-10-22(25)30)17-21-19-39(36-34-21)26-14-8-5-11-23(26)31/h4-15,18-21H,16-17H2,1-3H3/q+1/p+1. The molecule has 3 aromatic rings. The number of amides is 1.